The Bertz CT molecular complexity index is 344. The third-order valence-electron chi connectivity index (χ3n) is 2.49. The summed E-state index contributed by atoms with van der Waals surface area (Å²) in [5, 5.41) is 0. The predicted octanol–water partition coefficient (Wildman–Crippen LogP) is 2.87. The van der Waals surface area contributed by atoms with E-state index in [1.165, 1.54) is 0 Å². The highest BCUT2D eigenvalue weighted by Gasteiger charge is 2.16. The van der Waals surface area contributed by atoms with Crippen molar-refractivity contribution < 1.29 is 4.79 Å². The Morgan fingerprint density at radius 1 is 1.40 bits per heavy atom. The van der Waals surface area contributed by atoms with Gasteiger partial charge in [0.25, 0.3) is 5.91 Å². The highest BCUT2D eigenvalue weighted by Crippen LogP contribution is 2.10. The molecule has 0 aliphatic heterocycles. The SMILES string of the molecule is CCN(C(=O)c1cccc(C)c1)C(C)C. The van der Waals surface area contributed by atoms with Gasteiger partial charge < -0.3 is 4.90 Å². The summed E-state index contributed by atoms with van der Waals surface area (Å²) < 4.78 is 0. The molecule has 0 aliphatic rings. The Balaban J connectivity index is 2.93. The van der Waals surface area contributed by atoms with E-state index in [0.29, 0.717) is 0 Å². The maximum absolute atomic E-state index is 12.1. The Kier molecular flexibility index (Phi) is 3.89. The molecule has 0 spiro atoms. The van der Waals surface area contributed by atoms with Crippen molar-refractivity contribution in [1.29, 1.82) is 0 Å². The third-order valence-corrected chi connectivity index (χ3v) is 2.49. The molecule has 0 unspecified atom stereocenters. The van der Waals surface area contributed by atoms with Gasteiger partial charge in [-0.15, -0.1) is 0 Å². The summed E-state index contributed by atoms with van der Waals surface area (Å²) in [6.45, 7) is 8.84. The lowest BCUT2D eigenvalue weighted by atomic mass is 10.1. The topological polar surface area (TPSA) is 20.3 Å². The van der Waals surface area contributed by atoms with E-state index in [2.05, 4.69) is 0 Å². The van der Waals surface area contributed by atoms with Gasteiger partial charge in [-0.1, -0.05) is 17.7 Å². The second kappa shape index (κ2) is 4.96. The number of benzene rings is 1. The van der Waals surface area contributed by atoms with Crippen LogP contribution in [0.5, 0.6) is 0 Å². The molecule has 0 fully saturated rings. The fraction of sp³-hybridized carbons (Fsp3) is 0.462. The van der Waals surface area contributed by atoms with Crippen LogP contribution in [0.15, 0.2) is 24.3 Å². The first-order valence-electron chi connectivity index (χ1n) is 5.44. The summed E-state index contributed by atoms with van der Waals surface area (Å²) in [5.74, 6) is 0.121. The number of rotatable bonds is 3. The van der Waals surface area contributed by atoms with E-state index in [9.17, 15) is 4.79 Å². The zero-order chi connectivity index (χ0) is 11.4. The fourth-order valence-corrected chi connectivity index (χ4v) is 1.69. The first kappa shape index (κ1) is 11.8. The smallest absolute Gasteiger partial charge is 0.254 e. The standard InChI is InChI=1S/C13H19NO/c1-5-14(10(2)3)13(15)12-8-6-7-11(4)9-12/h6-10H,5H2,1-4H3. The van der Waals surface area contributed by atoms with Gasteiger partial charge in [0, 0.05) is 18.2 Å². The van der Waals surface area contributed by atoms with Crippen LogP contribution in [-0.4, -0.2) is 23.4 Å². The van der Waals surface area contributed by atoms with Crippen molar-refractivity contribution in [3.05, 3.63) is 35.4 Å². The summed E-state index contributed by atoms with van der Waals surface area (Å²) in [6, 6.07) is 8.00. The first-order chi connectivity index (χ1) is 7.06. The molecule has 0 aliphatic carbocycles. The molecule has 15 heavy (non-hydrogen) atoms. The van der Waals surface area contributed by atoms with Crippen molar-refractivity contribution in [3.8, 4) is 0 Å². The van der Waals surface area contributed by atoms with E-state index in [-0.39, 0.29) is 11.9 Å². The van der Waals surface area contributed by atoms with Crippen molar-refractivity contribution in [2.75, 3.05) is 6.54 Å². The van der Waals surface area contributed by atoms with Crippen molar-refractivity contribution >= 4 is 5.91 Å². The number of nitrogens with zero attached hydrogens (tertiary/aromatic N) is 1. The van der Waals surface area contributed by atoms with Gasteiger partial charge >= 0.3 is 0 Å². The summed E-state index contributed by atoms with van der Waals surface area (Å²) in [6.07, 6.45) is 0. The van der Waals surface area contributed by atoms with E-state index in [1.807, 2.05) is 56.9 Å². The Morgan fingerprint density at radius 3 is 2.53 bits per heavy atom. The predicted molar refractivity (Wildman–Crippen MR) is 63.0 cm³/mol. The molecule has 0 bridgehead atoms. The van der Waals surface area contributed by atoms with E-state index >= 15 is 0 Å². The number of hydrogen-bond donors (Lipinski definition) is 0. The van der Waals surface area contributed by atoms with Gasteiger partial charge in [-0.2, -0.15) is 0 Å². The van der Waals surface area contributed by atoms with Gasteiger partial charge in [0.05, 0.1) is 0 Å². The Hall–Kier alpha value is -1.31. The van der Waals surface area contributed by atoms with Gasteiger partial charge in [0.1, 0.15) is 0 Å². The highest BCUT2D eigenvalue weighted by atomic mass is 16.2. The van der Waals surface area contributed by atoms with E-state index in [4.69, 9.17) is 0 Å². The van der Waals surface area contributed by atoms with Crippen LogP contribution in [0.4, 0.5) is 0 Å². The highest BCUT2D eigenvalue weighted by molar-refractivity contribution is 5.94. The van der Waals surface area contributed by atoms with Crippen molar-refractivity contribution in [1.82, 2.24) is 4.90 Å². The van der Waals surface area contributed by atoms with Crippen LogP contribution in [0.3, 0.4) is 0 Å². The van der Waals surface area contributed by atoms with Crippen molar-refractivity contribution in [2.24, 2.45) is 0 Å². The lowest BCUT2D eigenvalue weighted by Crippen LogP contribution is -2.36. The minimum absolute atomic E-state index is 0.121. The van der Waals surface area contributed by atoms with Gasteiger partial charge in [-0.05, 0) is 39.8 Å². The molecule has 2 heteroatoms. The molecule has 0 saturated heterocycles. The number of amides is 1. The van der Waals surface area contributed by atoms with Crippen molar-refractivity contribution in [3.63, 3.8) is 0 Å². The molecule has 0 aromatic heterocycles. The number of carbonyl (C=O) groups excluding carboxylic acids is 1. The molecule has 2 nitrogen and oxygen atoms in total. The second-order valence-electron chi connectivity index (χ2n) is 4.05. The van der Waals surface area contributed by atoms with Crippen LogP contribution in [0.1, 0.15) is 36.7 Å². The molecular formula is C13H19NO. The molecule has 0 saturated carbocycles. The van der Waals surface area contributed by atoms with Gasteiger partial charge in [-0.25, -0.2) is 0 Å². The molecule has 0 N–H and O–H groups in total. The lowest BCUT2D eigenvalue weighted by molar-refractivity contribution is 0.0717. The summed E-state index contributed by atoms with van der Waals surface area (Å²) in [4.78, 5) is 14.0. The quantitative estimate of drug-likeness (QED) is 0.743. The Morgan fingerprint density at radius 2 is 2.07 bits per heavy atom. The summed E-state index contributed by atoms with van der Waals surface area (Å²) in [5.41, 5.74) is 1.91. The van der Waals surface area contributed by atoms with Crippen LogP contribution in [0.25, 0.3) is 0 Å². The minimum Gasteiger partial charge on any atom is -0.337 e. The van der Waals surface area contributed by atoms with E-state index in [1.54, 1.807) is 0 Å². The molecule has 0 radical (unpaired) electrons. The molecule has 1 aromatic carbocycles. The molecule has 1 rings (SSSR count). The molecule has 1 aromatic rings. The zero-order valence-corrected chi connectivity index (χ0v) is 9.95. The lowest BCUT2D eigenvalue weighted by Gasteiger charge is -2.25. The zero-order valence-electron chi connectivity index (χ0n) is 9.95. The molecular weight excluding hydrogens is 186 g/mol. The monoisotopic (exact) mass is 205 g/mol. The normalized spacial score (nSPS) is 10.5. The van der Waals surface area contributed by atoms with Crippen LogP contribution in [0, 0.1) is 6.92 Å². The van der Waals surface area contributed by atoms with Crippen LogP contribution >= 0.6 is 0 Å². The number of carbonyl (C=O) groups is 1. The van der Waals surface area contributed by atoms with E-state index < -0.39 is 0 Å². The van der Waals surface area contributed by atoms with Crippen molar-refractivity contribution in [2.45, 2.75) is 33.7 Å². The maximum atomic E-state index is 12.1. The summed E-state index contributed by atoms with van der Waals surface area (Å²) >= 11 is 0. The van der Waals surface area contributed by atoms with Gasteiger partial charge in [0.2, 0.25) is 0 Å². The second-order valence-corrected chi connectivity index (χ2v) is 4.05. The first-order valence-corrected chi connectivity index (χ1v) is 5.44. The Labute approximate surface area is 91.9 Å². The number of aryl methyl sites for hydroxylation is 1. The van der Waals surface area contributed by atoms with Crippen LogP contribution < -0.4 is 0 Å². The van der Waals surface area contributed by atoms with Crippen LogP contribution in [0.2, 0.25) is 0 Å². The fourth-order valence-electron chi connectivity index (χ4n) is 1.69. The minimum atomic E-state index is 0.121. The molecule has 82 valence electrons. The number of hydrogen-bond acceptors (Lipinski definition) is 1. The average Bonchev–Trinajstić information content (AvgIpc) is 2.18. The molecule has 0 heterocycles. The maximum Gasteiger partial charge on any atom is 0.254 e. The average molecular weight is 205 g/mol. The van der Waals surface area contributed by atoms with E-state index in [0.717, 1.165) is 17.7 Å². The third kappa shape index (κ3) is 2.82. The molecule has 0 atom stereocenters. The van der Waals surface area contributed by atoms with Gasteiger partial charge in [-0.3, -0.25) is 4.79 Å². The molecule has 1 amide bonds. The summed E-state index contributed by atoms with van der Waals surface area (Å²) in [7, 11) is 0. The largest absolute Gasteiger partial charge is 0.337 e. The van der Waals surface area contributed by atoms with Gasteiger partial charge in [0.15, 0.2) is 0 Å². The van der Waals surface area contributed by atoms with Crippen LogP contribution in [-0.2, 0) is 0 Å².